The van der Waals surface area contributed by atoms with Crippen molar-refractivity contribution >= 4 is 27.8 Å². The maximum atomic E-state index is 13.6. The number of likely N-dealkylation sites (tertiary alicyclic amines) is 1. The number of carbonyl (C=O) groups excluding carboxylic acids is 1. The van der Waals surface area contributed by atoms with Crippen LogP contribution < -0.4 is 10.6 Å². The second kappa shape index (κ2) is 11.5. The maximum absolute atomic E-state index is 13.6. The van der Waals surface area contributed by atoms with E-state index < -0.39 is 0 Å². The minimum atomic E-state index is -0.355. The number of halogens is 2. The van der Waals surface area contributed by atoms with Crippen molar-refractivity contribution in [3.8, 4) is 16.9 Å². The summed E-state index contributed by atoms with van der Waals surface area (Å²) in [5.41, 5.74) is 3.26. The van der Waals surface area contributed by atoms with E-state index in [2.05, 4.69) is 36.6 Å². The van der Waals surface area contributed by atoms with Crippen LogP contribution in [0, 0.1) is 5.82 Å². The highest BCUT2D eigenvalue weighted by atomic mass is 79.9. The van der Waals surface area contributed by atoms with Crippen molar-refractivity contribution in [3.05, 3.63) is 82.8 Å². The lowest BCUT2D eigenvalue weighted by Gasteiger charge is -2.21. The van der Waals surface area contributed by atoms with Crippen LogP contribution in [0.2, 0.25) is 0 Å². The number of methoxy groups -OCH3 is 1. The van der Waals surface area contributed by atoms with Crippen LogP contribution >= 0.6 is 15.9 Å². The van der Waals surface area contributed by atoms with Crippen LogP contribution in [-0.4, -0.2) is 69.9 Å². The van der Waals surface area contributed by atoms with Crippen LogP contribution in [0.3, 0.4) is 0 Å². The molecule has 1 fully saturated rings. The number of ether oxygens (including phenoxy) is 1. The third-order valence-corrected chi connectivity index (χ3v) is 7.41. The third-order valence-electron chi connectivity index (χ3n) is 6.66. The highest BCUT2D eigenvalue weighted by molar-refractivity contribution is 9.10. The minimum Gasteiger partial charge on any atom is -0.383 e. The molecule has 1 aliphatic rings. The summed E-state index contributed by atoms with van der Waals surface area (Å²) in [4.78, 5) is 15.6. The molecule has 2 unspecified atom stereocenters. The molecule has 2 aromatic heterocycles. The number of nitrogens with one attached hydrogen (secondary N) is 2. The maximum Gasteiger partial charge on any atom is 0.320 e. The van der Waals surface area contributed by atoms with Gasteiger partial charge in [0.15, 0.2) is 5.82 Å². The molecule has 38 heavy (non-hydrogen) atoms. The summed E-state index contributed by atoms with van der Waals surface area (Å²) in [6.07, 6.45) is 3.60. The van der Waals surface area contributed by atoms with Gasteiger partial charge in [-0.3, -0.25) is 14.9 Å². The number of carbonyl (C=O) groups is 1. The Morgan fingerprint density at radius 3 is 2.61 bits per heavy atom. The van der Waals surface area contributed by atoms with E-state index in [0.29, 0.717) is 29.1 Å². The fourth-order valence-corrected chi connectivity index (χ4v) is 5.36. The van der Waals surface area contributed by atoms with Gasteiger partial charge in [-0.1, -0.05) is 30.3 Å². The van der Waals surface area contributed by atoms with Crippen molar-refractivity contribution < 1.29 is 13.9 Å². The summed E-state index contributed by atoms with van der Waals surface area (Å²) in [6.45, 7) is 2.72. The van der Waals surface area contributed by atoms with E-state index in [0.717, 1.165) is 29.9 Å². The Balaban J connectivity index is 1.41. The van der Waals surface area contributed by atoms with Crippen LogP contribution in [0.5, 0.6) is 0 Å². The molecule has 11 heteroatoms. The normalized spacial score (nSPS) is 17.6. The second-order valence-corrected chi connectivity index (χ2v) is 10.1. The smallest absolute Gasteiger partial charge is 0.320 e. The Labute approximate surface area is 228 Å². The van der Waals surface area contributed by atoms with E-state index in [-0.39, 0.29) is 23.8 Å². The van der Waals surface area contributed by atoms with Gasteiger partial charge in [-0.2, -0.15) is 10.2 Å². The summed E-state index contributed by atoms with van der Waals surface area (Å²) in [7, 11) is 3.51. The van der Waals surface area contributed by atoms with Crippen molar-refractivity contribution in [1.29, 1.82) is 0 Å². The van der Waals surface area contributed by atoms with Crippen molar-refractivity contribution in [1.82, 2.24) is 29.8 Å². The van der Waals surface area contributed by atoms with Gasteiger partial charge in [-0.15, -0.1) is 0 Å². The number of nitrogens with zero attached hydrogens (tertiary/aromatic N) is 5. The predicted molar refractivity (Wildman–Crippen MR) is 147 cm³/mol. The molecule has 9 nitrogen and oxygen atoms in total. The van der Waals surface area contributed by atoms with Crippen LogP contribution in [0.25, 0.3) is 16.9 Å². The van der Waals surface area contributed by atoms with E-state index in [1.165, 1.54) is 12.1 Å². The standard InChI is InChI=1S/C27H29BrFN7O2/c1-34-15-19(14-30-34)25-24(28)26(36(33-25)21-6-4-3-5-7-21)32-27(37)31-23-17-35(12-13-38-2)16-22(23)18-8-10-20(29)11-9-18/h3-11,14-15,22-23H,12-13,16-17H2,1-2H3,(H2,31,32,37). The number of hydrogen-bond donors (Lipinski definition) is 2. The molecule has 0 spiro atoms. The summed E-state index contributed by atoms with van der Waals surface area (Å²) < 4.78 is 22.9. The van der Waals surface area contributed by atoms with Crippen LogP contribution in [0.4, 0.5) is 15.0 Å². The lowest BCUT2D eigenvalue weighted by molar-refractivity contribution is 0.159. The number of amides is 2. The van der Waals surface area contributed by atoms with Crippen LogP contribution in [0.15, 0.2) is 71.5 Å². The van der Waals surface area contributed by atoms with Crippen molar-refractivity contribution in [2.75, 3.05) is 38.7 Å². The van der Waals surface area contributed by atoms with Gasteiger partial charge in [0, 0.05) is 51.5 Å². The van der Waals surface area contributed by atoms with E-state index in [4.69, 9.17) is 9.84 Å². The summed E-state index contributed by atoms with van der Waals surface area (Å²) in [5, 5.41) is 15.2. The van der Waals surface area contributed by atoms with E-state index in [1.807, 2.05) is 43.6 Å². The number of para-hydroxylation sites is 1. The first-order valence-electron chi connectivity index (χ1n) is 12.3. The molecule has 5 rings (SSSR count). The Hall–Kier alpha value is -3.54. The van der Waals surface area contributed by atoms with Gasteiger partial charge in [-0.25, -0.2) is 13.9 Å². The molecule has 2 N–H and O–H groups in total. The van der Waals surface area contributed by atoms with Crippen LogP contribution in [-0.2, 0) is 11.8 Å². The molecule has 1 aliphatic heterocycles. The average Bonchev–Trinajstić information content (AvgIpc) is 3.61. The molecule has 4 aromatic rings. The molecule has 0 saturated carbocycles. The van der Waals surface area contributed by atoms with Gasteiger partial charge in [-0.05, 0) is 45.8 Å². The minimum absolute atomic E-state index is 0.00614. The monoisotopic (exact) mass is 581 g/mol. The molecule has 2 amide bonds. The van der Waals surface area contributed by atoms with Crippen molar-refractivity contribution in [2.24, 2.45) is 7.05 Å². The summed E-state index contributed by atoms with van der Waals surface area (Å²) in [6, 6.07) is 15.6. The zero-order valence-electron chi connectivity index (χ0n) is 21.1. The first kappa shape index (κ1) is 26.1. The summed E-state index contributed by atoms with van der Waals surface area (Å²) in [5.74, 6) is 0.223. The lowest BCUT2D eigenvalue weighted by Crippen LogP contribution is -2.42. The number of benzene rings is 2. The van der Waals surface area contributed by atoms with E-state index >= 15 is 0 Å². The average molecular weight is 582 g/mol. The highest BCUT2D eigenvalue weighted by Crippen LogP contribution is 2.35. The molecule has 0 bridgehead atoms. The van der Waals surface area contributed by atoms with Gasteiger partial charge in [0.25, 0.3) is 0 Å². The third kappa shape index (κ3) is 5.64. The molecule has 2 aromatic carbocycles. The SMILES string of the molecule is COCCN1CC(NC(=O)Nc2c(Br)c(-c3cnn(C)c3)nn2-c2ccccc2)C(c2ccc(F)cc2)C1. The van der Waals surface area contributed by atoms with Crippen molar-refractivity contribution in [2.45, 2.75) is 12.0 Å². The molecule has 198 valence electrons. The quantitative estimate of drug-likeness (QED) is 0.322. The zero-order valence-corrected chi connectivity index (χ0v) is 22.7. The van der Waals surface area contributed by atoms with Gasteiger partial charge in [0.2, 0.25) is 0 Å². The number of aryl methyl sites for hydroxylation is 1. The number of hydrogen-bond acceptors (Lipinski definition) is 5. The number of urea groups is 1. The Morgan fingerprint density at radius 1 is 1.16 bits per heavy atom. The Kier molecular flexibility index (Phi) is 7.87. The second-order valence-electron chi connectivity index (χ2n) is 9.28. The molecule has 3 heterocycles. The Bertz CT molecular complexity index is 1390. The van der Waals surface area contributed by atoms with Crippen molar-refractivity contribution in [3.63, 3.8) is 0 Å². The fourth-order valence-electron chi connectivity index (χ4n) is 4.79. The van der Waals surface area contributed by atoms with Gasteiger partial charge >= 0.3 is 6.03 Å². The topological polar surface area (TPSA) is 89.2 Å². The molecular formula is C27H29BrFN7O2. The molecular weight excluding hydrogens is 553 g/mol. The van der Waals surface area contributed by atoms with Gasteiger partial charge in [0.1, 0.15) is 11.5 Å². The molecule has 1 saturated heterocycles. The van der Waals surface area contributed by atoms with E-state index in [1.54, 1.807) is 34.8 Å². The van der Waals surface area contributed by atoms with Gasteiger partial charge < -0.3 is 10.1 Å². The first-order valence-corrected chi connectivity index (χ1v) is 13.1. The summed E-state index contributed by atoms with van der Waals surface area (Å²) >= 11 is 3.66. The Morgan fingerprint density at radius 2 is 1.92 bits per heavy atom. The molecule has 2 atom stereocenters. The predicted octanol–water partition coefficient (Wildman–Crippen LogP) is 4.41. The molecule has 0 aliphatic carbocycles. The number of aromatic nitrogens is 4. The number of rotatable bonds is 8. The van der Waals surface area contributed by atoms with E-state index in [9.17, 15) is 9.18 Å². The largest absolute Gasteiger partial charge is 0.383 e. The lowest BCUT2D eigenvalue weighted by atomic mass is 9.94. The van der Waals surface area contributed by atoms with Crippen LogP contribution in [0.1, 0.15) is 11.5 Å². The van der Waals surface area contributed by atoms with Gasteiger partial charge in [0.05, 0.1) is 29.0 Å². The first-order chi connectivity index (χ1) is 18.4. The zero-order chi connectivity index (χ0) is 26.6. The highest BCUT2D eigenvalue weighted by Gasteiger charge is 2.35. The number of anilines is 1. The fraction of sp³-hybridized carbons (Fsp3) is 0.296. The molecule has 0 radical (unpaired) electrons.